The maximum atomic E-state index is 13.1. The molecule has 198 valence electrons. The van der Waals surface area contributed by atoms with Gasteiger partial charge in [-0.3, -0.25) is 4.79 Å². The lowest BCUT2D eigenvalue weighted by Crippen LogP contribution is -2.45. The Hall–Kier alpha value is -2.19. The summed E-state index contributed by atoms with van der Waals surface area (Å²) in [5.41, 5.74) is 2.34. The molecule has 0 aromatic carbocycles. The molecule has 3 N–H and O–H groups in total. The first-order valence-corrected chi connectivity index (χ1v) is 14.3. The van der Waals surface area contributed by atoms with E-state index in [1.54, 1.807) is 0 Å². The molecule has 8 heteroatoms. The Morgan fingerprint density at radius 2 is 1.97 bits per heavy atom. The van der Waals surface area contributed by atoms with Crippen molar-refractivity contribution in [2.45, 2.75) is 102 Å². The molecular weight excluding hydrogens is 452 g/mol. The van der Waals surface area contributed by atoms with E-state index in [9.17, 15) is 9.90 Å². The lowest BCUT2D eigenvalue weighted by molar-refractivity contribution is -0.137. The van der Waals surface area contributed by atoms with Crippen LogP contribution in [0.5, 0.6) is 0 Å². The van der Waals surface area contributed by atoms with E-state index in [0.29, 0.717) is 29.9 Å². The van der Waals surface area contributed by atoms with Crippen LogP contribution >= 0.6 is 0 Å². The normalized spacial score (nSPS) is 26.8. The van der Waals surface area contributed by atoms with Crippen molar-refractivity contribution in [3.63, 3.8) is 0 Å². The number of anilines is 1. The number of aliphatic hydroxyl groups excluding tert-OH is 1. The summed E-state index contributed by atoms with van der Waals surface area (Å²) in [6, 6.07) is 0.697. The van der Waals surface area contributed by atoms with Gasteiger partial charge in [-0.1, -0.05) is 13.3 Å². The molecule has 1 aliphatic carbocycles. The molecule has 3 aliphatic rings. The Morgan fingerprint density at radius 3 is 2.67 bits per heavy atom. The number of nitrogens with one attached hydrogen (secondary N) is 2. The Morgan fingerprint density at radius 1 is 1.19 bits per heavy atom. The van der Waals surface area contributed by atoms with Gasteiger partial charge < -0.3 is 25.2 Å². The first-order valence-electron chi connectivity index (χ1n) is 14.3. The van der Waals surface area contributed by atoms with Gasteiger partial charge in [-0.05, 0) is 82.7 Å². The van der Waals surface area contributed by atoms with Crippen LogP contribution in [0.2, 0.25) is 0 Å². The number of aliphatic hydroxyl groups is 1. The maximum Gasteiger partial charge on any atom is 0.226 e. The van der Waals surface area contributed by atoms with Crippen molar-refractivity contribution >= 4 is 22.9 Å². The van der Waals surface area contributed by atoms with E-state index in [1.807, 2.05) is 6.20 Å². The second kappa shape index (κ2) is 11.5. The lowest BCUT2D eigenvalue weighted by Gasteiger charge is -2.35. The Bertz CT molecular complexity index is 1020. The van der Waals surface area contributed by atoms with Gasteiger partial charge in [-0.2, -0.15) is 4.98 Å². The molecule has 0 bridgehead atoms. The van der Waals surface area contributed by atoms with Crippen LogP contribution in [0.4, 0.5) is 5.95 Å². The van der Waals surface area contributed by atoms with Gasteiger partial charge in [0.2, 0.25) is 11.9 Å². The van der Waals surface area contributed by atoms with Crippen molar-refractivity contribution in [1.82, 2.24) is 24.8 Å². The first kappa shape index (κ1) is 25.5. The summed E-state index contributed by atoms with van der Waals surface area (Å²) in [6.45, 7) is 7.90. The van der Waals surface area contributed by atoms with Gasteiger partial charge in [0.1, 0.15) is 5.65 Å². The third-order valence-electron chi connectivity index (χ3n) is 8.65. The van der Waals surface area contributed by atoms with Gasteiger partial charge in [0.15, 0.2) is 0 Å². The SMILES string of the molecule is CCC[C@H](C)Nc1ncc2c(C3CCN(C(=O)[C@@H]4CCCNC4)CC3)cn(C3CCC(O)CC3)c2n1. The van der Waals surface area contributed by atoms with E-state index in [-0.39, 0.29) is 12.0 Å². The molecule has 1 saturated carbocycles. The number of nitrogens with zero attached hydrogens (tertiary/aromatic N) is 4. The van der Waals surface area contributed by atoms with Gasteiger partial charge in [0.25, 0.3) is 0 Å². The predicted molar refractivity (Wildman–Crippen MR) is 143 cm³/mol. The molecule has 4 heterocycles. The maximum absolute atomic E-state index is 13.1. The molecule has 0 spiro atoms. The zero-order chi connectivity index (χ0) is 25.1. The largest absolute Gasteiger partial charge is 0.393 e. The zero-order valence-electron chi connectivity index (χ0n) is 22.1. The van der Waals surface area contributed by atoms with Crippen molar-refractivity contribution in [2.75, 3.05) is 31.5 Å². The molecular formula is C28H44N6O2. The Kier molecular flexibility index (Phi) is 8.11. The topological polar surface area (TPSA) is 95.3 Å². The number of amides is 1. The van der Waals surface area contributed by atoms with Crippen LogP contribution < -0.4 is 10.6 Å². The number of carbonyl (C=O) groups is 1. The summed E-state index contributed by atoms with van der Waals surface area (Å²) in [5, 5.41) is 18.1. The van der Waals surface area contributed by atoms with E-state index < -0.39 is 0 Å². The second-order valence-electron chi connectivity index (χ2n) is 11.4. The van der Waals surface area contributed by atoms with Gasteiger partial charge in [-0.25, -0.2) is 4.98 Å². The van der Waals surface area contributed by atoms with Gasteiger partial charge in [0, 0.05) is 49.5 Å². The summed E-state index contributed by atoms with van der Waals surface area (Å²) in [7, 11) is 0. The number of hydrogen-bond acceptors (Lipinski definition) is 6. The predicted octanol–water partition coefficient (Wildman–Crippen LogP) is 4.21. The summed E-state index contributed by atoms with van der Waals surface area (Å²) in [5.74, 6) is 1.60. The quantitative estimate of drug-likeness (QED) is 0.531. The number of rotatable bonds is 7. The molecule has 2 aliphatic heterocycles. The average molecular weight is 497 g/mol. The van der Waals surface area contributed by atoms with E-state index in [2.05, 4.69) is 40.1 Å². The van der Waals surface area contributed by atoms with E-state index in [4.69, 9.17) is 9.97 Å². The zero-order valence-corrected chi connectivity index (χ0v) is 22.1. The summed E-state index contributed by atoms with van der Waals surface area (Å²) in [4.78, 5) is 24.9. The smallest absolute Gasteiger partial charge is 0.226 e. The van der Waals surface area contributed by atoms with E-state index in [0.717, 1.165) is 101 Å². The van der Waals surface area contributed by atoms with Crippen molar-refractivity contribution in [2.24, 2.45) is 5.92 Å². The molecule has 0 radical (unpaired) electrons. The monoisotopic (exact) mass is 496 g/mol. The van der Waals surface area contributed by atoms with Crippen molar-refractivity contribution in [1.29, 1.82) is 0 Å². The van der Waals surface area contributed by atoms with Crippen LogP contribution in [0.25, 0.3) is 11.0 Å². The van der Waals surface area contributed by atoms with Crippen LogP contribution in [0.1, 0.15) is 95.6 Å². The molecule has 8 nitrogen and oxygen atoms in total. The van der Waals surface area contributed by atoms with Crippen LogP contribution in [0.15, 0.2) is 12.4 Å². The molecule has 0 unspecified atom stereocenters. The van der Waals surface area contributed by atoms with Crippen molar-refractivity contribution in [3.05, 3.63) is 18.0 Å². The van der Waals surface area contributed by atoms with Crippen LogP contribution in [0.3, 0.4) is 0 Å². The number of piperidine rings is 2. The lowest BCUT2D eigenvalue weighted by atomic mass is 9.88. The van der Waals surface area contributed by atoms with Crippen molar-refractivity contribution < 1.29 is 9.90 Å². The number of likely N-dealkylation sites (tertiary alicyclic amines) is 1. The molecule has 5 rings (SSSR count). The minimum absolute atomic E-state index is 0.147. The minimum Gasteiger partial charge on any atom is -0.393 e. The molecule has 2 aromatic heterocycles. The third kappa shape index (κ3) is 5.54. The molecule has 1 amide bonds. The first-order chi connectivity index (χ1) is 17.5. The number of carbonyl (C=O) groups excluding carboxylic acids is 1. The van der Waals surface area contributed by atoms with E-state index >= 15 is 0 Å². The van der Waals surface area contributed by atoms with Crippen LogP contribution in [0, 0.1) is 5.92 Å². The highest BCUT2D eigenvalue weighted by atomic mass is 16.3. The highest BCUT2D eigenvalue weighted by Crippen LogP contribution is 2.38. The Balaban J connectivity index is 1.36. The third-order valence-corrected chi connectivity index (χ3v) is 8.65. The molecule has 2 saturated heterocycles. The summed E-state index contributed by atoms with van der Waals surface area (Å²) >= 11 is 0. The van der Waals surface area contributed by atoms with Gasteiger partial charge in [0.05, 0.1) is 12.0 Å². The minimum atomic E-state index is -0.175. The van der Waals surface area contributed by atoms with E-state index in [1.165, 1.54) is 5.56 Å². The standard InChI is InChI=1S/C28H44N6O2/c1-3-5-19(2)31-28-30-17-24-25(18-34(26(24)32-28)22-7-9-23(35)10-8-22)20-11-14-33(15-12-20)27(36)21-6-4-13-29-16-21/h17-23,29,35H,3-16H2,1-2H3,(H,30,31,32)/t19-,21+,22?,23?/m0/s1. The van der Waals surface area contributed by atoms with Gasteiger partial charge >= 0.3 is 0 Å². The second-order valence-corrected chi connectivity index (χ2v) is 11.4. The van der Waals surface area contributed by atoms with Crippen LogP contribution in [-0.2, 0) is 4.79 Å². The highest BCUT2D eigenvalue weighted by molar-refractivity contribution is 5.82. The Labute approximate surface area is 215 Å². The van der Waals surface area contributed by atoms with Gasteiger partial charge in [-0.15, -0.1) is 0 Å². The molecule has 2 aromatic rings. The molecule has 3 fully saturated rings. The summed E-state index contributed by atoms with van der Waals surface area (Å²) < 4.78 is 2.37. The number of aromatic nitrogens is 3. The highest BCUT2D eigenvalue weighted by Gasteiger charge is 2.32. The number of hydrogen-bond donors (Lipinski definition) is 3. The fraction of sp³-hybridized carbons (Fsp3) is 0.750. The number of fused-ring (bicyclic) bond motifs is 1. The van der Waals surface area contributed by atoms with Crippen molar-refractivity contribution in [3.8, 4) is 0 Å². The summed E-state index contributed by atoms with van der Waals surface area (Å²) in [6.07, 6.45) is 14.1. The fourth-order valence-electron chi connectivity index (χ4n) is 6.52. The average Bonchev–Trinajstić information content (AvgIpc) is 3.28. The molecule has 2 atom stereocenters. The van der Waals surface area contributed by atoms with Crippen LogP contribution in [-0.4, -0.2) is 68.8 Å². The fourth-order valence-corrected chi connectivity index (χ4v) is 6.52. The molecule has 36 heavy (non-hydrogen) atoms.